The molecule has 0 N–H and O–H groups in total. The molecule has 0 unspecified atom stereocenters. The van der Waals surface area contributed by atoms with Crippen LogP contribution in [0.15, 0.2) is 30.3 Å². The van der Waals surface area contributed by atoms with E-state index in [2.05, 4.69) is 56.0 Å². The molecular formula is C26H39NO3. The van der Waals surface area contributed by atoms with Crippen LogP contribution in [-0.4, -0.2) is 43.2 Å². The van der Waals surface area contributed by atoms with E-state index in [9.17, 15) is 4.79 Å². The Morgan fingerprint density at radius 2 is 1.80 bits per heavy atom. The molecule has 3 rings (SSSR count). The van der Waals surface area contributed by atoms with Gasteiger partial charge < -0.3 is 9.47 Å². The van der Waals surface area contributed by atoms with Crippen molar-refractivity contribution in [2.24, 2.45) is 11.3 Å². The zero-order chi connectivity index (χ0) is 21.6. The third-order valence-electron chi connectivity index (χ3n) is 6.66. The number of ether oxygens (including phenoxy) is 2. The smallest absolute Gasteiger partial charge is 0.307 e. The van der Waals surface area contributed by atoms with Crippen molar-refractivity contribution in [3.63, 3.8) is 0 Å². The molecule has 0 atom stereocenters. The molecule has 4 heteroatoms. The van der Waals surface area contributed by atoms with Crippen molar-refractivity contribution in [2.75, 3.05) is 26.2 Å². The zero-order valence-corrected chi connectivity index (χ0v) is 19.3. The average Bonchev–Trinajstić information content (AvgIpc) is 2.73. The lowest BCUT2D eigenvalue weighted by molar-refractivity contribution is -0.143. The van der Waals surface area contributed by atoms with E-state index >= 15 is 0 Å². The van der Waals surface area contributed by atoms with Crippen LogP contribution in [0.2, 0.25) is 0 Å². The van der Waals surface area contributed by atoms with Gasteiger partial charge in [0.2, 0.25) is 0 Å². The molecule has 1 fully saturated rings. The number of carbonyl (C=O) groups excluding carboxylic acids is 1. The van der Waals surface area contributed by atoms with Gasteiger partial charge in [-0.05, 0) is 73.6 Å². The Hall–Kier alpha value is -1.81. The maximum absolute atomic E-state index is 11.5. The van der Waals surface area contributed by atoms with Gasteiger partial charge in [-0.25, -0.2) is 0 Å². The number of rotatable bonds is 7. The van der Waals surface area contributed by atoms with E-state index in [0.717, 1.165) is 50.6 Å². The summed E-state index contributed by atoms with van der Waals surface area (Å²) in [7, 11) is 0. The summed E-state index contributed by atoms with van der Waals surface area (Å²) in [5, 5.41) is 0. The second-order valence-electron chi connectivity index (χ2n) is 9.82. The Morgan fingerprint density at radius 1 is 1.10 bits per heavy atom. The van der Waals surface area contributed by atoms with E-state index in [1.54, 1.807) is 0 Å². The number of esters is 1. The minimum atomic E-state index is -0.102. The van der Waals surface area contributed by atoms with Gasteiger partial charge in [-0.1, -0.05) is 39.0 Å². The summed E-state index contributed by atoms with van der Waals surface area (Å²) >= 11 is 0. The molecule has 0 radical (unpaired) electrons. The molecular weight excluding hydrogens is 374 g/mol. The first-order valence-corrected chi connectivity index (χ1v) is 11.7. The molecule has 1 saturated carbocycles. The summed E-state index contributed by atoms with van der Waals surface area (Å²) in [5.41, 5.74) is 3.08. The molecule has 1 aromatic carbocycles. The van der Waals surface area contributed by atoms with Gasteiger partial charge in [0.05, 0.1) is 19.1 Å². The molecule has 30 heavy (non-hydrogen) atoms. The molecule has 1 heterocycles. The van der Waals surface area contributed by atoms with E-state index in [4.69, 9.17) is 9.47 Å². The van der Waals surface area contributed by atoms with Crippen LogP contribution < -0.4 is 4.74 Å². The summed E-state index contributed by atoms with van der Waals surface area (Å²) in [6.07, 6.45) is 9.00. The first-order chi connectivity index (χ1) is 14.3. The highest BCUT2D eigenvalue weighted by molar-refractivity contribution is 5.69. The summed E-state index contributed by atoms with van der Waals surface area (Å²) in [4.78, 5) is 13.8. The maximum atomic E-state index is 11.5. The number of carbonyl (C=O) groups is 1. The Bertz CT molecular complexity index is 709. The van der Waals surface area contributed by atoms with Crippen LogP contribution in [0, 0.1) is 11.3 Å². The van der Waals surface area contributed by atoms with E-state index in [-0.39, 0.29) is 5.97 Å². The number of benzene rings is 1. The minimum absolute atomic E-state index is 0.102. The molecule has 166 valence electrons. The van der Waals surface area contributed by atoms with Gasteiger partial charge in [0.15, 0.2) is 0 Å². The predicted molar refractivity (Wildman–Crippen MR) is 123 cm³/mol. The molecule has 0 bridgehead atoms. The van der Waals surface area contributed by atoms with E-state index in [0.29, 0.717) is 24.5 Å². The van der Waals surface area contributed by atoms with Gasteiger partial charge >= 0.3 is 5.97 Å². The Labute approximate surface area is 182 Å². The van der Waals surface area contributed by atoms with E-state index < -0.39 is 0 Å². The molecule has 1 aliphatic carbocycles. The molecule has 0 aromatic heterocycles. The first kappa shape index (κ1) is 22.9. The van der Waals surface area contributed by atoms with Crippen molar-refractivity contribution >= 4 is 11.5 Å². The topological polar surface area (TPSA) is 38.8 Å². The van der Waals surface area contributed by atoms with Crippen molar-refractivity contribution in [3.05, 3.63) is 35.9 Å². The molecule has 0 saturated heterocycles. The van der Waals surface area contributed by atoms with Crippen molar-refractivity contribution < 1.29 is 14.3 Å². The molecule has 0 amide bonds. The van der Waals surface area contributed by atoms with E-state index in [1.807, 2.05) is 6.92 Å². The lowest BCUT2D eigenvalue weighted by Crippen LogP contribution is -2.31. The lowest BCUT2D eigenvalue weighted by Gasteiger charge is -2.37. The van der Waals surface area contributed by atoms with E-state index in [1.165, 1.54) is 24.0 Å². The number of hydrogen-bond acceptors (Lipinski definition) is 4. The van der Waals surface area contributed by atoms with Crippen molar-refractivity contribution in [2.45, 2.75) is 72.3 Å². The van der Waals surface area contributed by atoms with Crippen LogP contribution in [0.1, 0.15) is 71.8 Å². The van der Waals surface area contributed by atoms with Crippen molar-refractivity contribution in [1.82, 2.24) is 4.90 Å². The zero-order valence-electron chi connectivity index (χ0n) is 19.3. The molecule has 0 spiro atoms. The summed E-state index contributed by atoms with van der Waals surface area (Å²) in [5.74, 6) is 1.70. The normalized spacial score (nSPS) is 23.0. The first-order valence-electron chi connectivity index (χ1n) is 11.7. The van der Waals surface area contributed by atoms with Gasteiger partial charge in [0.25, 0.3) is 0 Å². The van der Waals surface area contributed by atoms with Crippen molar-refractivity contribution in [1.29, 1.82) is 0 Å². The molecule has 4 nitrogen and oxygen atoms in total. The van der Waals surface area contributed by atoms with Crippen LogP contribution in [0.25, 0.3) is 5.57 Å². The summed E-state index contributed by atoms with van der Waals surface area (Å²) in [6, 6.07) is 8.63. The quantitative estimate of drug-likeness (QED) is 0.537. The fourth-order valence-corrected chi connectivity index (χ4v) is 4.65. The Morgan fingerprint density at radius 3 is 2.37 bits per heavy atom. The van der Waals surface area contributed by atoms with Crippen LogP contribution in [0.4, 0.5) is 0 Å². The number of nitrogens with zero attached hydrogens (tertiary/aromatic N) is 1. The highest BCUT2D eigenvalue weighted by atomic mass is 16.5. The fourth-order valence-electron chi connectivity index (χ4n) is 4.65. The number of hydrogen-bond donors (Lipinski definition) is 0. The monoisotopic (exact) mass is 413 g/mol. The van der Waals surface area contributed by atoms with Crippen molar-refractivity contribution in [3.8, 4) is 5.75 Å². The highest BCUT2D eigenvalue weighted by Crippen LogP contribution is 2.38. The molecule has 1 aliphatic heterocycles. The molecule has 1 aromatic rings. The van der Waals surface area contributed by atoms with Crippen LogP contribution in [0.3, 0.4) is 0 Å². The lowest BCUT2D eigenvalue weighted by atomic mass is 9.72. The standard InChI is InChI=1S/C26H39NO3/c1-5-29-25(28)16-19-27-17-14-21(15-18-27)20-6-10-23(11-7-20)30-24-12-8-22(9-13-24)26(2,3)4/h6-7,10-11,14,22,24H,5,8-9,12-13,15-19H2,1-4H3/t22-,24-. The highest BCUT2D eigenvalue weighted by Gasteiger charge is 2.30. The Kier molecular flexibility index (Phi) is 7.99. The third-order valence-corrected chi connectivity index (χ3v) is 6.66. The maximum Gasteiger partial charge on any atom is 0.307 e. The van der Waals surface area contributed by atoms with Gasteiger partial charge in [-0.2, -0.15) is 0 Å². The van der Waals surface area contributed by atoms with Crippen LogP contribution in [-0.2, 0) is 9.53 Å². The van der Waals surface area contributed by atoms with Crippen LogP contribution in [0.5, 0.6) is 5.75 Å². The van der Waals surface area contributed by atoms with Gasteiger partial charge in [-0.3, -0.25) is 9.69 Å². The van der Waals surface area contributed by atoms with Gasteiger partial charge in [0, 0.05) is 19.6 Å². The SMILES string of the molecule is CCOC(=O)CCN1CC=C(c2ccc(O[C@H]3CC[C@H](C(C)(C)C)CC3)cc2)CC1. The second kappa shape index (κ2) is 10.5. The van der Waals surface area contributed by atoms with Gasteiger partial charge in [0.1, 0.15) is 5.75 Å². The summed E-state index contributed by atoms with van der Waals surface area (Å²) < 4.78 is 11.3. The van der Waals surface area contributed by atoms with Gasteiger partial charge in [-0.15, -0.1) is 0 Å². The predicted octanol–water partition coefficient (Wildman–Crippen LogP) is 5.71. The average molecular weight is 414 g/mol. The Balaban J connectivity index is 1.45. The molecule has 2 aliphatic rings. The fraction of sp³-hybridized carbons (Fsp3) is 0.654. The third kappa shape index (κ3) is 6.60. The largest absolute Gasteiger partial charge is 0.490 e. The van der Waals surface area contributed by atoms with Crippen LogP contribution >= 0.6 is 0 Å². The second-order valence-corrected chi connectivity index (χ2v) is 9.82. The minimum Gasteiger partial charge on any atom is -0.490 e. The summed E-state index contributed by atoms with van der Waals surface area (Å²) in [6.45, 7) is 12.0.